The van der Waals surface area contributed by atoms with E-state index in [-0.39, 0.29) is 11.2 Å². The number of hydrogen-bond donors (Lipinski definition) is 1. The second-order valence-corrected chi connectivity index (χ2v) is 6.94. The summed E-state index contributed by atoms with van der Waals surface area (Å²) >= 11 is 0. The van der Waals surface area contributed by atoms with Gasteiger partial charge in [-0.2, -0.15) is 0 Å². The molecule has 2 saturated carbocycles. The van der Waals surface area contributed by atoms with Crippen molar-refractivity contribution in [2.45, 2.75) is 70.0 Å². The third-order valence-corrected chi connectivity index (χ3v) is 5.52. The minimum Gasteiger partial charge on any atom is -0.366 e. The van der Waals surface area contributed by atoms with Gasteiger partial charge in [-0.05, 0) is 43.9 Å². The lowest BCUT2D eigenvalue weighted by Gasteiger charge is -2.53. The maximum atomic E-state index is 6.76. The number of hydrogen-bond acceptors (Lipinski definition) is 2. The summed E-state index contributed by atoms with van der Waals surface area (Å²) in [4.78, 5) is 0. The summed E-state index contributed by atoms with van der Waals surface area (Å²) in [5, 5.41) is 3.70. The van der Waals surface area contributed by atoms with Crippen LogP contribution in [0.3, 0.4) is 0 Å². The number of nitrogens with one attached hydrogen (secondary N) is 1. The quantitative estimate of drug-likeness (QED) is 0.699. The van der Waals surface area contributed by atoms with Gasteiger partial charge in [-0.25, -0.2) is 0 Å². The Balaban J connectivity index is 1.77. The fourth-order valence-corrected chi connectivity index (χ4v) is 4.39. The molecule has 2 aliphatic carbocycles. The zero-order chi connectivity index (χ0) is 11.9. The van der Waals surface area contributed by atoms with Crippen molar-refractivity contribution in [1.29, 1.82) is 0 Å². The van der Waals surface area contributed by atoms with E-state index in [1.54, 1.807) is 0 Å². The SMILES string of the molecule is CC1CCC2(CNCC3(CCCC3)O2)C(C)C1. The van der Waals surface area contributed by atoms with Gasteiger partial charge in [-0.1, -0.05) is 26.7 Å². The smallest absolute Gasteiger partial charge is 0.0840 e. The van der Waals surface area contributed by atoms with E-state index in [1.807, 2.05) is 0 Å². The van der Waals surface area contributed by atoms with Gasteiger partial charge in [0.2, 0.25) is 0 Å². The van der Waals surface area contributed by atoms with E-state index in [0.29, 0.717) is 0 Å². The normalized spacial score (nSPS) is 45.5. The van der Waals surface area contributed by atoms with E-state index < -0.39 is 0 Å². The van der Waals surface area contributed by atoms with Crippen molar-refractivity contribution in [3.63, 3.8) is 0 Å². The largest absolute Gasteiger partial charge is 0.366 e. The minimum absolute atomic E-state index is 0.162. The molecule has 3 fully saturated rings. The summed E-state index contributed by atoms with van der Waals surface area (Å²) < 4.78 is 6.76. The lowest BCUT2D eigenvalue weighted by molar-refractivity contribution is -0.212. The van der Waals surface area contributed by atoms with Gasteiger partial charge in [0, 0.05) is 13.1 Å². The standard InChI is InChI=1S/C15H27NO/c1-12-5-8-15(13(2)9-12)11-16-10-14(17-15)6-3-4-7-14/h12-13,16H,3-11H2,1-2H3. The Morgan fingerprint density at radius 1 is 1.06 bits per heavy atom. The molecule has 0 amide bonds. The second-order valence-electron chi connectivity index (χ2n) is 6.94. The molecule has 0 radical (unpaired) electrons. The van der Waals surface area contributed by atoms with Gasteiger partial charge in [0.1, 0.15) is 0 Å². The van der Waals surface area contributed by atoms with E-state index >= 15 is 0 Å². The molecule has 2 nitrogen and oxygen atoms in total. The monoisotopic (exact) mass is 237 g/mol. The maximum Gasteiger partial charge on any atom is 0.0840 e. The van der Waals surface area contributed by atoms with E-state index in [1.165, 1.54) is 44.9 Å². The highest BCUT2D eigenvalue weighted by molar-refractivity contribution is 5.02. The van der Waals surface area contributed by atoms with Gasteiger partial charge in [0.05, 0.1) is 11.2 Å². The van der Waals surface area contributed by atoms with Crippen molar-refractivity contribution >= 4 is 0 Å². The molecule has 2 heteroatoms. The molecule has 1 heterocycles. The van der Waals surface area contributed by atoms with Crippen LogP contribution in [0.2, 0.25) is 0 Å². The van der Waals surface area contributed by atoms with Crippen molar-refractivity contribution in [3.8, 4) is 0 Å². The Bertz CT molecular complexity index is 285. The molecule has 3 unspecified atom stereocenters. The van der Waals surface area contributed by atoms with Crippen LogP contribution in [0.5, 0.6) is 0 Å². The number of morpholine rings is 1. The maximum absolute atomic E-state index is 6.76. The van der Waals surface area contributed by atoms with Gasteiger partial charge >= 0.3 is 0 Å². The molecule has 0 aromatic heterocycles. The number of ether oxygens (including phenoxy) is 1. The summed E-state index contributed by atoms with van der Waals surface area (Å²) in [6.45, 7) is 6.98. The van der Waals surface area contributed by atoms with Crippen molar-refractivity contribution in [2.24, 2.45) is 11.8 Å². The van der Waals surface area contributed by atoms with Gasteiger partial charge in [0.25, 0.3) is 0 Å². The second kappa shape index (κ2) is 4.24. The molecule has 3 rings (SSSR count). The summed E-state index contributed by atoms with van der Waals surface area (Å²) in [5.74, 6) is 1.61. The summed E-state index contributed by atoms with van der Waals surface area (Å²) in [5.41, 5.74) is 0.363. The fraction of sp³-hybridized carbons (Fsp3) is 1.00. The predicted molar refractivity (Wildman–Crippen MR) is 70.1 cm³/mol. The van der Waals surface area contributed by atoms with Crippen LogP contribution >= 0.6 is 0 Å². The van der Waals surface area contributed by atoms with E-state index in [2.05, 4.69) is 19.2 Å². The molecule has 3 aliphatic rings. The van der Waals surface area contributed by atoms with Crippen LogP contribution in [0, 0.1) is 11.8 Å². The molecule has 1 saturated heterocycles. The summed E-state index contributed by atoms with van der Waals surface area (Å²) in [7, 11) is 0. The Morgan fingerprint density at radius 3 is 2.53 bits per heavy atom. The van der Waals surface area contributed by atoms with Crippen molar-refractivity contribution in [1.82, 2.24) is 5.32 Å². The van der Waals surface area contributed by atoms with E-state index in [0.717, 1.165) is 24.9 Å². The average molecular weight is 237 g/mol. The van der Waals surface area contributed by atoms with Crippen molar-refractivity contribution < 1.29 is 4.74 Å². The molecule has 0 aromatic rings. The van der Waals surface area contributed by atoms with Gasteiger partial charge < -0.3 is 10.1 Å². The zero-order valence-corrected chi connectivity index (χ0v) is 11.4. The van der Waals surface area contributed by atoms with E-state index in [4.69, 9.17) is 4.74 Å². The predicted octanol–water partition coefficient (Wildman–Crippen LogP) is 3.11. The Kier molecular flexibility index (Phi) is 2.99. The lowest BCUT2D eigenvalue weighted by atomic mass is 9.70. The molecule has 1 aliphatic heterocycles. The molecule has 17 heavy (non-hydrogen) atoms. The van der Waals surface area contributed by atoms with Crippen LogP contribution < -0.4 is 5.32 Å². The van der Waals surface area contributed by atoms with Crippen LogP contribution in [0.25, 0.3) is 0 Å². The minimum atomic E-state index is 0.162. The van der Waals surface area contributed by atoms with E-state index in [9.17, 15) is 0 Å². The van der Waals surface area contributed by atoms with Crippen LogP contribution in [0.4, 0.5) is 0 Å². The first-order chi connectivity index (χ1) is 8.14. The number of rotatable bonds is 0. The first-order valence-electron chi connectivity index (χ1n) is 7.55. The van der Waals surface area contributed by atoms with Gasteiger partial charge in [-0.15, -0.1) is 0 Å². The molecule has 3 atom stereocenters. The van der Waals surface area contributed by atoms with Gasteiger partial charge in [0.15, 0.2) is 0 Å². The average Bonchev–Trinajstić information content (AvgIpc) is 2.73. The summed E-state index contributed by atoms with van der Waals surface area (Å²) in [6.07, 6.45) is 9.25. The lowest BCUT2D eigenvalue weighted by Crippen LogP contribution is -2.63. The zero-order valence-electron chi connectivity index (χ0n) is 11.4. The third-order valence-electron chi connectivity index (χ3n) is 5.52. The van der Waals surface area contributed by atoms with Crippen molar-refractivity contribution in [3.05, 3.63) is 0 Å². The molecular weight excluding hydrogens is 210 g/mol. The molecular formula is C15H27NO. The van der Waals surface area contributed by atoms with Crippen molar-refractivity contribution in [2.75, 3.05) is 13.1 Å². The highest BCUT2D eigenvalue weighted by atomic mass is 16.5. The molecule has 1 N–H and O–H groups in total. The molecule has 98 valence electrons. The highest BCUT2D eigenvalue weighted by Crippen LogP contribution is 2.46. The molecule has 0 aromatic carbocycles. The first-order valence-corrected chi connectivity index (χ1v) is 7.55. The Hall–Kier alpha value is -0.0800. The molecule has 0 bridgehead atoms. The first kappa shape index (κ1) is 12.0. The Labute approximate surface area is 105 Å². The van der Waals surface area contributed by atoms with Crippen LogP contribution in [0.1, 0.15) is 58.8 Å². The van der Waals surface area contributed by atoms with Gasteiger partial charge in [-0.3, -0.25) is 0 Å². The summed E-state index contributed by atoms with van der Waals surface area (Å²) in [6, 6.07) is 0. The van der Waals surface area contributed by atoms with Crippen LogP contribution in [-0.4, -0.2) is 24.3 Å². The van der Waals surface area contributed by atoms with Crippen LogP contribution in [-0.2, 0) is 4.74 Å². The Morgan fingerprint density at radius 2 is 1.82 bits per heavy atom. The molecule has 2 spiro atoms. The van der Waals surface area contributed by atoms with Crippen LogP contribution in [0.15, 0.2) is 0 Å². The third kappa shape index (κ3) is 2.04. The fourth-order valence-electron chi connectivity index (χ4n) is 4.39. The topological polar surface area (TPSA) is 21.3 Å². The highest BCUT2D eigenvalue weighted by Gasteiger charge is 2.50.